The largest absolute Gasteiger partial charge is 0.353 e. The van der Waals surface area contributed by atoms with Crippen LogP contribution in [0.5, 0.6) is 0 Å². The number of piperazine rings is 1. The Hall–Kier alpha value is -1.46. The molecule has 130 valence electrons. The van der Waals surface area contributed by atoms with E-state index >= 15 is 0 Å². The minimum absolute atomic E-state index is 0.628. The Labute approximate surface area is 144 Å². The van der Waals surface area contributed by atoms with Gasteiger partial charge in [0.1, 0.15) is 5.82 Å². The molecule has 1 unspecified atom stereocenters. The van der Waals surface area contributed by atoms with E-state index in [1.807, 2.05) is 12.1 Å². The molecule has 5 nitrogen and oxygen atoms in total. The van der Waals surface area contributed by atoms with Crippen LogP contribution in [0, 0.1) is 5.41 Å². The van der Waals surface area contributed by atoms with Gasteiger partial charge in [-0.3, -0.25) is 9.69 Å². The van der Waals surface area contributed by atoms with E-state index < -0.39 is 0 Å². The third kappa shape index (κ3) is 2.84. The number of aldehydes is 1. The van der Waals surface area contributed by atoms with Gasteiger partial charge >= 0.3 is 0 Å². The molecule has 0 aromatic carbocycles. The molecule has 0 radical (unpaired) electrons. The van der Waals surface area contributed by atoms with E-state index in [0.29, 0.717) is 11.0 Å². The second kappa shape index (κ2) is 6.45. The van der Waals surface area contributed by atoms with Crippen LogP contribution in [0.15, 0.2) is 18.3 Å². The third-order valence-corrected chi connectivity index (χ3v) is 6.32. The molecular weight excluding hydrogens is 300 g/mol. The number of hydrogen-bond donors (Lipinski definition) is 0. The highest BCUT2D eigenvalue weighted by Crippen LogP contribution is 2.47. The fourth-order valence-corrected chi connectivity index (χ4v) is 4.97. The van der Waals surface area contributed by atoms with E-state index in [2.05, 4.69) is 26.6 Å². The van der Waals surface area contributed by atoms with E-state index in [0.717, 1.165) is 44.3 Å². The Kier molecular flexibility index (Phi) is 4.31. The first-order chi connectivity index (χ1) is 11.7. The van der Waals surface area contributed by atoms with Gasteiger partial charge in [0.15, 0.2) is 6.29 Å². The minimum atomic E-state index is 0.628. The van der Waals surface area contributed by atoms with Crippen LogP contribution in [0.4, 0.5) is 5.82 Å². The molecule has 2 aliphatic heterocycles. The summed E-state index contributed by atoms with van der Waals surface area (Å²) in [5.41, 5.74) is 1.34. The lowest BCUT2D eigenvalue weighted by atomic mass is 9.78. The molecule has 3 heterocycles. The summed E-state index contributed by atoms with van der Waals surface area (Å²) in [6.07, 6.45) is 6.86. The van der Waals surface area contributed by atoms with E-state index in [9.17, 15) is 4.79 Å². The number of anilines is 1. The van der Waals surface area contributed by atoms with Crippen LogP contribution in [0.1, 0.15) is 36.5 Å². The predicted octanol–water partition coefficient (Wildman–Crippen LogP) is 1.89. The molecule has 0 N–H and O–H groups in total. The van der Waals surface area contributed by atoms with Crippen molar-refractivity contribution in [3.05, 3.63) is 23.9 Å². The van der Waals surface area contributed by atoms with Gasteiger partial charge in [-0.25, -0.2) is 4.98 Å². The highest BCUT2D eigenvalue weighted by Gasteiger charge is 2.48. The van der Waals surface area contributed by atoms with Gasteiger partial charge in [0, 0.05) is 51.5 Å². The molecule has 0 amide bonds. The Morgan fingerprint density at radius 3 is 2.79 bits per heavy atom. The first kappa shape index (κ1) is 16.0. The molecule has 3 fully saturated rings. The van der Waals surface area contributed by atoms with Crippen LogP contribution in [0.3, 0.4) is 0 Å². The standard InChI is InChI=1S/C19H28N4O/c1-2-21-14-19(15-21)6-5-17(12-19)22-8-10-23(11-9-22)18-16(13-24)4-3-7-20-18/h3-4,7,13,17H,2,5-6,8-12,14-15H2,1H3. The summed E-state index contributed by atoms with van der Waals surface area (Å²) in [6.45, 7) is 10.2. The predicted molar refractivity (Wildman–Crippen MR) is 95.6 cm³/mol. The summed E-state index contributed by atoms with van der Waals surface area (Å²) in [7, 11) is 0. The van der Waals surface area contributed by atoms with Crippen molar-refractivity contribution in [3.8, 4) is 0 Å². The fraction of sp³-hybridized carbons (Fsp3) is 0.684. The molecule has 5 heteroatoms. The first-order valence-electron chi connectivity index (χ1n) is 9.34. The van der Waals surface area contributed by atoms with Crippen LogP contribution >= 0.6 is 0 Å². The van der Waals surface area contributed by atoms with E-state index in [4.69, 9.17) is 0 Å². The summed E-state index contributed by atoms with van der Waals surface area (Å²) in [4.78, 5) is 23.2. The lowest BCUT2D eigenvalue weighted by molar-refractivity contribution is 0.00366. The molecule has 1 aromatic rings. The monoisotopic (exact) mass is 328 g/mol. The molecule has 1 aliphatic carbocycles. The summed E-state index contributed by atoms with van der Waals surface area (Å²) < 4.78 is 0. The average molecular weight is 328 g/mol. The van der Waals surface area contributed by atoms with E-state index in [1.54, 1.807) is 6.20 Å². The SMILES string of the molecule is CCN1CC2(CCC(N3CCN(c4ncccc4C=O)CC3)C2)C1. The number of carbonyl (C=O) groups excluding carboxylic acids is 1. The molecular formula is C19H28N4O. The smallest absolute Gasteiger partial charge is 0.153 e. The maximum absolute atomic E-state index is 11.2. The van der Waals surface area contributed by atoms with Gasteiger partial charge in [-0.15, -0.1) is 0 Å². The van der Waals surface area contributed by atoms with Gasteiger partial charge in [0.2, 0.25) is 0 Å². The lowest BCUT2D eigenvalue weighted by Crippen LogP contribution is -2.56. The maximum atomic E-state index is 11.2. The van der Waals surface area contributed by atoms with Crippen molar-refractivity contribution in [2.75, 3.05) is 50.7 Å². The molecule has 2 saturated heterocycles. The number of hydrogen-bond acceptors (Lipinski definition) is 5. The number of pyridine rings is 1. The van der Waals surface area contributed by atoms with Gasteiger partial charge in [-0.1, -0.05) is 6.92 Å². The second-order valence-corrected chi connectivity index (χ2v) is 7.76. The molecule has 1 atom stereocenters. The summed E-state index contributed by atoms with van der Waals surface area (Å²) in [6, 6.07) is 4.46. The second-order valence-electron chi connectivity index (χ2n) is 7.76. The minimum Gasteiger partial charge on any atom is -0.353 e. The summed E-state index contributed by atoms with van der Waals surface area (Å²) in [5, 5.41) is 0. The number of nitrogens with zero attached hydrogens (tertiary/aromatic N) is 4. The maximum Gasteiger partial charge on any atom is 0.153 e. The highest BCUT2D eigenvalue weighted by molar-refractivity contribution is 5.82. The molecule has 0 bridgehead atoms. The van der Waals surface area contributed by atoms with E-state index in [-0.39, 0.29) is 0 Å². The van der Waals surface area contributed by atoms with Crippen molar-refractivity contribution in [2.45, 2.75) is 32.2 Å². The van der Waals surface area contributed by atoms with Crippen LogP contribution in [-0.2, 0) is 0 Å². The molecule has 3 aliphatic rings. The highest BCUT2D eigenvalue weighted by atomic mass is 16.1. The Bertz CT molecular complexity index is 591. The third-order valence-electron chi connectivity index (χ3n) is 6.32. The van der Waals surface area contributed by atoms with Gasteiger partial charge in [0.25, 0.3) is 0 Å². The Balaban J connectivity index is 1.33. The summed E-state index contributed by atoms with van der Waals surface area (Å²) in [5.74, 6) is 0.854. The Morgan fingerprint density at radius 2 is 2.08 bits per heavy atom. The van der Waals surface area contributed by atoms with Gasteiger partial charge in [0.05, 0.1) is 5.56 Å². The number of carbonyl (C=O) groups is 1. The molecule has 1 saturated carbocycles. The first-order valence-corrected chi connectivity index (χ1v) is 9.34. The fourth-order valence-electron chi connectivity index (χ4n) is 4.97. The zero-order valence-corrected chi connectivity index (χ0v) is 14.7. The number of rotatable bonds is 4. The Morgan fingerprint density at radius 1 is 1.29 bits per heavy atom. The zero-order valence-electron chi connectivity index (χ0n) is 14.7. The van der Waals surface area contributed by atoms with Gasteiger partial charge < -0.3 is 9.80 Å². The normalized spacial score (nSPS) is 27.4. The van der Waals surface area contributed by atoms with Crippen molar-refractivity contribution >= 4 is 12.1 Å². The quantitative estimate of drug-likeness (QED) is 0.790. The van der Waals surface area contributed by atoms with E-state index in [1.165, 1.54) is 38.9 Å². The van der Waals surface area contributed by atoms with Crippen molar-refractivity contribution in [1.29, 1.82) is 0 Å². The van der Waals surface area contributed by atoms with Crippen LogP contribution in [-0.4, -0.2) is 72.9 Å². The molecule has 24 heavy (non-hydrogen) atoms. The van der Waals surface area contributed by atoms with Crippen LogP contribution < -0.4 is 4.90 Å². The van der Waals surface area contributed by atoms with Crippen molar-refractivity contribution in [3.63, 3.8) is 0 Å². The van der Waals surface area contributed by atoms with Crippen LogP contribution in [0.25, 0.3) is 0 Å². The van der Waals surface area contributed by atoms with Crippen molar-refractivity contribution in [1.82, 2.24) is 14.8 Å². The molecule has 1 spiro atoms. The van der Waals surface area contributed by atoms with Crippen molar-refractivity contribution < 1.29 is 4.79 Å². The summed E-state index contributed by atoms with van der Waals surface area (Å²) >= 11 is 0. The molecule has 1 aromatic heterocycles. The van der Waals surface area contributed by atoms with Gasteiger partial charge in [-0.2, -0.15) is 0 Å². The molecule has 4 rings (SSSR count). The number of likely N-dealkylation sites (tertiary alicyclic amines) is 1. The lowest BCUT2D eigenvalue weighted by Gasteiger charge is -2.49. The van der Waals surface area contributed by atoms with Crippen LogP contribution in [0.2, 0.25) is 0 Å². The zero-order chi connectivity index (χ0) is 16.6. The average Bonchev–Trinajstić information content (AvgIpc) is 3.06. The topological polar surface area (TPSA) is 39.7 Å². The van der Waals surface area contributed by atoms with Crippen molar-refractivity contribution in [2.24, 2.45) is 5.41 Å². The number of aromatic nitrogens is 1. The van der Waals surface area contributed by atoms with Gasteiger partial charge in [-0.05, 0) is 43.4 Å².